The highest BCUT2D eigenvalue weighted by Crippen LogP contribution is 2.26. The van der Waals surface area contributed by atoms with E-state index < -0.39 is 7.12 Å². The Kier molecular flexibility index (Phi) is 3.95. The SMILES string of the molecule is O=C(Cc1ccc2c(c1)C=CB(O)O2)Nc1ccc2cnccc2c1. The maximum absolute atomic E-state index is 12.3. The van der Waals surface area contributed by atoms with Gasteiger partial charge in [0.1, 0.15) is 5.75 Å². The van der Waals surface area contributed by atoms with Gasteiger partial charge in [-0.25, -0.2) is 0 Å². The zero-order chi connectivity index (χ0) is 17.2. The molecule has 5 nitrogen and oxygen atoms in total. The van der Waals surface area contributed by atoms with E-state index in [0.29, 0.717) is 5.75 Å². The minimum absolute atomic E-state index is 0.0888. The van der Waals surface area contributed by atoms with Crippen molar-refractivity contribution in [2.75, 3.05) is 5.32 Å². The van der Waals surface area contributed by atoms with Crippen LogP contribution in [0.15, 0.2) is 60.8 Å². The maximum Gasteiger partial charge on any atom is 0.552 e. The molecule has 0 bridgehead atoms. The number of rotatable bonds is 3. The van der Waals surface area contributed by atoms with Gasteiger partial charge in [-0.2, -0.15) is 0 Å². The van der Waals surface area contributed by atoms with Gasteiger partial charge in [0, 0.05) is 29.0 Å². The number of carbonyl (C=O) groups is 1. The lowest BCUT2D eigenvalue weighted by Gasteiger charge is -2.15. The predicted molar refractivity (Wildman–Crippen MR) is 98.2 cm³/mol. The molecule has 0 saturated carbocycles. The summed E-state index contributed by atoms with van der Waals surface area (Å²) in [5, 5.41) is 14.4. The summed E-state index contributed by atoms with van der Waals surface area (Å²) in [6.07, 6.45) is 5.58. The summed E-state index contributed by atoms with van der Waals surface area (Å²) >= 11 is 0. The summed E-state index contributed by atoms with van der Waals surface area (Å²) in [5.74, 6) is 2.09. The van der Waals surface area contributed by atoms with Crippen molar-refractivity contribution in [3.05, 3.63) is 72.0 Å². The van der Waals surface area contributed by atoms with E-state index in [9.17, 15) is 9.82 Å². The number of carbonyl (C=O) groups excluding carboxylic acids is 1. The van der Waals surface area contributed by atoms with Crippen LogP contribution in [0, 0.1) is 0 Å². The molecule has 0 spiro atoms. The van der Waals surface area contributed by atoms with Crippen LogP contribution in [-0.4, -0.2) is 23.0 Å². The topological polar surface area (TPSA) is 71.5 Å². The van der Waals surface area contributed by atoms with Gasteiger partial charge in [0.15, 0.2) is 0 Å². The molecule has 4 rings (SSSR count). The summed E-state index contributed by atoms with van der Waals surface area (Å²) in [6.45, 7) is 0. The molecule has 1 aromatic heterocycles. The van der Waals surface area contributed by atoms with Crippen LogP contribution in [0.1, 0.15) is 11.1 Å². The van der Waals surface area contributed by atoms with Gasteiger partial charge in [-0.15, -0.1) is 0 Å². The third kappa shape index (κ3) is 3.39. The fourth-order valence-corrected chi connectivity index (χ4v) is 2.85. The van der Waals surface area contributed by atoms with Crippen molar-refractivity contribution in [3.8, 4) is 5.75 Å². The van der Waals surface area contributed by atoms with Gasteiger partial charge in [-0.05, 0) is 47.3 Å². The summed E-state index contributed by atoms with van der Waals surface area (Å²) < 4.78 is 5.29. The number of nitrogens with one attached hydrogen (secondary N) is 1. The zero-order valence-electron chi connectivity index (χ0n) is 13.3. The van der Waals surface area contributed by atoms with E-state index in [1.165, 1.54) is 0 Å². The molecule has 0 unspecified atom stereocenters. The number of hydrogen-bond acceptors (Lipinski definition) is 4. The van der Waals surface area contributed by atoms with Crippen molar-refractivity contribution in [1.29, 1.82) is 0 Å². The first kappa shape index (κ1) is 15.4. The minimum Gasteiger partial charge on any atom is -0.532 e. The Balaban J connectivity index is 1.48. The van der Waals surface area contributed by atoms with Crippen LogP contribution in [0.3, 0.4) is 0 Å². The molecule has 0 aliphatic carbocycles. The molecule has 2 aromatic carbocycles. The molecular formula is C19H15BN2O3. The van der Waals surface area contributed by atoms with E-state index in [2.05, 4.69) is 10.3 Å². The number of pyridine rings is 1. The van der Waals surface area contributed by atoms with Gasteiger partial charge in [0.25, 0.3) is 0 Å². The summed E-state index contributed by atoms with van der Waals surface area (Å²) in [4.78, 5) is 16.4. The zero-order valence-corrected chi connectivity index (χ0v) is 13.3. The lowest BCUT2D eigenvalue weighted by molar-refractivity contribution is -0.115. The summed E-state index contributed by atoms with van der Waals surface area (Å²) in [5.41, 5.74) is 2.49. The Morgan fingerprint density at radius 3 is 3.00 bits per heavy atom. The van der Waals surface area contributed by atoms with Crippen molar-refractivity contribution in [1.82, 2.24) is 4.98 Å². The normalized spacial score (nSPS) is 12.6. The lowest BCUT2D eigenvalue weighted by Crippen LogP contribution is -2.21. The molecule has 25 heavy (non-hydrogen) atoms. The molecule has 0 saturated heterocycles. The second kappa shape index (κ2) is 6.41. The number of nitrogens with zero attached hydrogens (tertiary/aromatic N) is 1. The number of amides is 1. The monoisotopic (exact) mass is 330 g/mol. The van der Waals surface area contributed by atoms with Gasteiger partial charge in [-0.1, -0.05) is 18.2 Å². The van der Waals surface area contributed by atoms with Gasteiger partial charge in [0.05, 0.1) is 6.42 Å². The van der Waals surface area contributed by atoms with Crippen molar-refractivity contribution in [2.24, 2.45) is 0 Å². The lowest BCUT2D eigenvalue weighted by atomic mass is 9.86. The second-order valence-electron chi connectivity index (χ2n) is 5.90. The first-order chi connectivity index (χ1) is 12.2. The number of hydrogen-bond donors (Lipinski definition) is 2. The first-order valence-electron chi connectivity index (χ1n) is 7.97. The van der Waals surface area contributed by atoms with E-state index >= 15 is 0 Å². The van der Waals surface area contributed by atoms with E-state index in [1.54, 1.807) is 30.5 Å². The number of anilines is 1. The third-order valence-corrected chi connectivity index (χ3v) is 4.05. The molecule has 1 aliphatic heterocycles. The molecule has 6 heteroatoms. The minimum atomic E-state index is -0.912. The van der Waals surface area contributed by atoms with Gasteiger partial charge in [-0.3, -0.25) is 9.78 Å². The second-order valence-corrected chi connectivity index (χ2v) is 5.90. The van der Waals surface area contributed by atoms with Crippen molar-refractivity contribution >= 4 is 35.6 Å². The highest BCUT2D eigenvalue weighted by atomic mass is 16.5. The predicted octanol–water partition coefficient (Wildman–Crippen LogP) is 2.84. The van der Waals surface area contributed by atoms with Crippen molar-refractivity contribution in [3.63, 3.8) is 0 Å². The fraction of sp³-hybridized carbons (Fsp3) is 0.0526. The molecule has 1 amide bonds. The fourth-order valence-electron chi connectivity index (χ4n) is 2.85. The molecule has 2 N–H and O–H groups in total. The number of benzene rings is 2. The van der Waals surface area contributed by atoms with Crippen LogP contribution < -0.4 is 9.97 Å². The Morgan fingerprint density at radius 1 is 1.16 bits per heavy atom. The van der Waals surface area contributed by atoms with Crippen LogP contribution in [-0.2, 0) is 11.2 Å². The third-order valence-electron chi connectivity index (χ3n) is 4.05. The van der Waals surface area contributed by atoms with Crippen molar-refractivity contribution < 1.29 is 14.5 Å². The smallest absolute Gasteiger partial charge is 0.532 e. The Hall–Kier alpha value is -3.12. The molecule has 3 aromatic rings. The van der Waals surface area contributed by atoms with Crippen LogP contribution in [0.5, 0.6) is 5.75 Å². The highest BCUT2D eigenvalue weighted by molar-refractivity contribution is 6.51. The highest BCUT2D eigenvalue weighted by Gasteiger charge is 2.18. The average Bonchev–Trinajstić information content (AvgIpc) is 2.61. The summed E-state index contributed by atoms with van der Waals surface area (Å²) in [7, 11) is -0.912. The van der Waals surface area contributed by atoms with Gasteiger partial charge >= 0.3 is 7.12 Å². The molecule has 2 heterocycles. The quantitative estimate of drug-likeness (QED) is 0.725. The first-order valence-corrected chi connectivity index (χ1v) is 7.97. The molecule has 0 radical (unpaired) electrons. The molecule has 0 atom stereocenters. The molecule has 122 valence electrons. The van der Waals surface area contributed by atoms with Gasteiger partial charge < -0.3 is 15.0 Å². The Labute approximate surface area is 145 Å². The van der Waals surface area contributed by atoms with E-state index in [1.807, 2.05) is 36.4 Å². The summed E-state index contributed by atoms with van der Waals surface area (Å²) in [6, 6.07) is 13.1. The standard InChI is InChI=1S/C19H15BN2O3/c23-19(22-17-3-2-16-12-21-8-6-14(16)11-17)10-13-1-4-18-15(9-13)5-7-20(24)25-18/h1-9,11-12,24H,10H2,(H,22,23). The Morgan fingerprint density at radius 2 is 2.08 bits per heavy atom. The van der Waals surface area contributed by atoms with Gasteiger partial charge in [0.2, 0.25) is 5.91 Å². The largest absolute Gasteiger partial charge is 0.552 e. The maximum atomic E-state index is 12.3. The molecular weight excluding hydrogens is 315 g/mol. The van der Waals surface area contributed by atoms with E-state index in [-0.39, 0.29) is 12.3 Å². The van der Waals surface area contributed by atoms with Crippen LogP contribution in [0.25, 0.3) is 16.8 Å². The molecule has 1 aliphatic rings. The number of fused-ring (bicyclic) bond motifs is 2. The Bertz CT molecular complexity index is 987. The van der Waals surface area contributed by atoms with Crippen LogP contribution in [0.2, 0.25) is 0 Å². The van der Waals surface area contributed by atoms with E-state index in [4.69, 9.17) is 4.65 Å². The molecule has 0 fully saturated rings. The van der Waals surface area contributed by atoms with Crippen molar-refractivity contribution in [2.45, 2.75) is 6.42 Å². The van der Waals surface area contributed by atoms with E-state index in [0.717, 1.165) is 27.6 Å². The van der Waals surface area contributed by atoms with Crippen LogP contribution in [0.4, 0.5) is 5.69 Å². The van der Waals surface area contributed by atoms with Crippen LogP contribution >= 0.6 is 0 Å². The number of aromatic nitrogens is 1. The average molecular weight is 330 g/mol.